The van der Waals surface area contributed by atoms with Gasteiger partial charge in [-0.15, -0.1) is 0 Å². The third-order valence-corrected chi connectivity index (χ3v) is 4.31. The molecule has 0 aliphatic rings. The molecule has 1 aromatic rings. The number of aliphatic hydroxyl groups is 1. The van der Waals surface area contributed by atoms with E-state index in [1.54, 1.807) is 13.8 Å². The zero-order chi connectivity index (χ0) is 15.4. The second-order valence-corrected chi connectivity index (χ2v) is 6.65. The normalized spacial score (nSPS) is 14.6. The summed E-state index contributed by atoms with van der Waals surface area (Å²) in [4.78, 5) is 11.0. The van der Waals surface area contributed by atoms with E-state index in [-0.39, 0.29) is 17.3 Å². The van der Waals surface area contributed by atoms with Crippen molar-refractivity contribution in [3.8, 4) is 0 Å². The number of hydrogen-bond donors (Lipinski definition) is 3. The van der Waals surface area contributed by atoms with Gasteiger partial charge in [0.15, 0.2) is 0 Å². The smallest absolute Gasteiger partial charge is 0.240 e. The number of hydrogen-bond acceptors (Lipinski definition) is 4. The summed E-state index contributed by atoms with van der Waals surface area (Å²) in [6, 6.07) is 5.81. The van der Waals surface area contributed by atoms with Crippen molar-refractivity contribution in [1.82, 2.24) is 4.72 Å². The number of carbonyl (C=O) groups is 1. The van der Waals surface area contributed by atoms with Crippen LogP contribution in [0.5, 0.6) is 0 Å². The molecule has 1 unspecified atom stereocenters. The van der Waals surface area contributed by atoms with E-state index in [1.807, 2.05) is 0 Å². The monoisotopic (exact) mass is 300 g/mol. The van der Waals surface area contributed by atoms with E-state index in [2.05, 4.69) is 10.0 Å². The molecule has 3 N–H and O–H groups in total. The van der Waals surface area contributed by atoms with Crippen LogP contribution in [0.4, 0.5) is 5.69 Å². The van der Waals surface area contributed by atoms with Crippen molar-refractivity contribution in [2.75, 3.05) is 11.9 Å². The minimum atomic E-state index is -3.67. The Morgan fingerprint density at radius 3 is 2.30 bits per heavy atom. The van der Waals surface area contributed by atoms with Crippen molar-refractivity contribution >= 4 is 21.6 Å². The Hall–Kier alpha value is -1.44. The van der Waals surface area contributed by atoms with Gasteiger partial charge in [-0.3, -0.25) is 4.79 Å². The maximum absolute atomic E-state index is 12.0. The van der Waals surface area contributed by atoms with Gasteiger partial charge >= 0.3 is 0 Å². The average molecular weight is 300 g/mol. The Morgan fingerprint density at radius 1 is 1.30 bits per heavy atom. The van der Waals surface area contributed by atoms with Crippen LogP contribution in [0.25, 0.3) is 0 Å². The molecule has 0 bridgehead atoms. The lowest BCUT2D eigenvalue weighted by Crippen LogP contribution is -2.40. The molecule has 0 fully saturated rings. The fraction of sp³-hybridized carbons (Fsp3) is 0.462. The van der Waals surface area contributed by atoms with Gasteiger partial charge in [0.2, 0.25) is 15.9 Å². The van der Waals surface area contributed by atoms with Crippen LogP contribution in [0.2, 0.25) is 0 Å². The predicted octanol–water partition coefficient (Wildman–Crippen LogP) is 1.08. The van der Waals surface area contributed by atoms with E-state index in [9.17, 15) is 18.3 Å². The summed E-state index contributed by atoms with van der Waals surface area (Å²) in [6.45, 7) is 4.66. The first-order valence-electron chi connectivity index (χ1n) is 6.26. The van der Waals surface area contributed by atoms with Crippen LogP contribution >= 0.6 is 0 Å². The Labute approximate surface area is 119 Å². The SMILES string of the molecule is CCC(C)(O)CNS(=O)(=O)c1ccc(NC(C)=O)cc1. The average Bonchev–Trinajstić information content (AvgIpc) is 2.37. The second kappa shape index (κ2) is 6.34. The molecule has 0 spiro atoms. The lowest BCUT2D eigenvalue weighted by molar-refractivity contribution is -0.114. The highest BCUT2D eigenvalue weighted by Crippen LogP contribution is 2.15. The minimum Gasteiger partial charge on any atom is -0.389 e. The molecule has 0 aromatic heterocycles. The Balaban J connectivity index is 2.80. The predicted molar refractivity (Wildman–Crippen MR) is 76.8 cm³/mol. The van der Waals surface area contributed by atoms with Gasteiger partial charge in [0.25, 0.3) is 0 Å². The highest BCUT2D eigenvalue weighted by Gasteiger charge is 2.22. The highest BCUT2D eigenvalue weighted by atomic mass is 32.2. The molecule has 1 atom stereocenters. The molecule has 0 aliphatic heterocycles. The van der Waals surface area contributed by atoms with E-state index in [4.69, 9.17) is 0 Å². The lowest BCUT2D eigenvalue weighted by atomic mass is 10.1. The summed E-state index contributed by atoms with van der Waals surface area (Å²) < 4.78 is 26.4. The summed E-state index contributed by atoms with van der Waals surface area (Å²) in [7, 11) is -3.67. The third-order valence-electron chi connectivity index (χ3n) is 2.89. The van der Waals surface area contributed by atoms with Crippen LogP contribution < -0.4 is 10.0 Å². The molecular formula is C13H20N2O4S. The van der Waals surface area contributed by atoms with Crippen LogP contribution in [0, 0.1) is 0 Å². The molecule has 112 valence electrons. The van der Waals surface area contributed by atoms with E-state index >= 15 is 0 Å². The molecule has 7 heteroatoms. The van der Waals surface area contributed by atoms with Gasteiger partial charge in [-0.05, 0) is 37.6 Å². The largest absolute Gasteiger partial charge is 0.389 e. The van der Waals surface area contributed by atoms with Gasteiger partial charge in [-0.1, -0.05) is 6.92 Å². The van der Waals surface area contributed by atoms with Crippen LogP contribution in [0.1, 0.15) is 27.2 Å². The topological polar surface area (TPSA) is 95.5 Å². The molecule has 6 nitrogen and oxygen atoms in total. The van der Waals surface area contributed by atoms with Crippen molar-refractivity contribution in [3.05, 3.63) is 24.3 Å². The zero-order valence-corrected chi connectivity index (χ0v) is 12.6. The van der Waals surface area contributed by atoms with Gasteiger partial charge in [0.1, 0.15) is 0 Å². The molecule has 0 saturated heterocycles. The fourth-order valence-electron chi connectivity index (χ4n) is 1.38. The fourth-order valence-corrected chi connectivity index (χ4v) is 2.54. The van der Waals surface area contributed by atoms with Crippen molar-refractivity contribution in [1.29, 1.82) is 0 Å². The summed E-state index contributed by atoms with van der Waals surface area (Å²) in [6.07, 6.45) is 0.441. The van der Waals surface area contributed by atoms with E-state index < -0.39 is 15.6 Å². The van der Waals surface area contributed by atoms with Crippen molar-refractivity contribution < 1.29 is 18.3 Å². The van der Waals surface area contributed by atoms with Gasteiger partial charge in [0.05, 0.1) is 10.5 Å². The van der Waals surface area contributed by atoms with Crippen molar-refractivity contribution in [2.24, 2.45) is 0 Å². The van der Waals surface area contributed by atoms with Gasteiger partial charge in [-0.25, -0.2) is 13.1 Å². The highest BCUT2D eigenvalue weighted by molar-refractivity contribution is 7.89. The number of amides is 1. The maximum atomic E-state index is 12.0. The van der Waals surface area contributed by atoms with Crippen molar-refractivity contribution in [2.45, 2.75) is 37.7 Å². The number of nitrogens with one attached hydrogen (secondary N) is 2. The first kappa shape index (κ1) is 16.6. The summed E-state index contributed by atoms with van der Waals surface area (Å²) in [5.41, 5.74) is -0.555. The van der Waals surface area contributed by atoms with E-state index in [0.29, 0.717) is 12.1 Å². The molecule has 0 heterocycles. The van der Waals surface area contributed by atoms with Crippen LogP contribution in [-0.2, 0) is 14.8 Å². The number of carbonyl (C=O) groups excluding carboxylic acids is 1. The van der Waals surface area contributed by atoms with Gasteiger partial charge in [-0.2, -0.15) is 0 Å². The van der Waals surface area contributed by atoms with Crippen LogP contribution in [0.15, 0.2) is 29.2 Å². The first-order valence-corrected chi connectivity index (χ1v) is 7.74. The number of anilines is 1. The van der Waals surface area contributed by atoms with E-state index in [1.165, 1.54) is 31.2 Å². The number of sulfonamides is 1. The van der Waals surface area contributed by atoms with Gasteiger partial charge in [0, 0.05) is 19.2 Å². The lowest BCUT2D eigenvalue weighted by Gasteiger charge is -2.21. The van der Waals surface area contributed by atoms with Crippen LogP contribution in [-0.4, -0.2) is 31.6 Å². The molecule has 1 aromatic carbocycles. The molecule has 0 radical (unpaired) electrons. The second-order valence-electron chi connectivity index (χ2n) is 4.88. The zero-order valence-electron chi connectivity index (χ0n) is 11.8. The summed E-state index contributed by atoms with van der Waals surface area (Å²) in [5.74, 6) is -0.224. The standard InChI is InChI=1S/C13H20N2O4S/c1-4-13(3,17)9-14-20(18,19)12-7-5-11(6-8-12)15-10(2)16/h5-8,14,17H,4,9H2,1-3H3,(H,15,16). The number of rotatable bonds is 6. The van der Waals surface area contributed by atoms with Gasteiger partial charge < -0.3 is 10.4 Å². The number of benzene rings is 1. The maximum Gasteiger partial charge on any atom is 0.240 e. The first-order chi connectivity index (χ1) is 9.16. The molecule has 20 heavy (non-hydrogen) atoms. The molecule has 0 saturated carbocycles. The van der Waals surface area contributed by atoms with Crippen LogP contribution in [0.3, 0.4) is 0 Å². The Bertz CT molecular complexity index is 565. The van der Waals surface area contributed by atoms with E-state index in [0.717, 1.165) is 0 Å². The molecule has 0 aliphatic carbocycles. The molecule has 1 amide bonds. The quantitative estimate of drug-likeness (QED) is 0.732. The summed E-state index contributed by atoms with van der Waals surface area (Å²) in [5, 5.41) is 12.4. The van der Waals surface area contributed by atoms with Crippen molar-refractivity contribution in [3.63, 3.8) is 0 Å². The molecular weight excluding hydrogens is 280 g/mol. The Morgan fingerprint density at radius 2 is 1.85 bits per heavy atom. The minimum absolute atomic E-state index is 0.0563. The Kier molecular flexibility index (Phi) is 5.27. The third kappa shape index (κ3) is 4.92. The molecule has 1 rings (SSSR count). The summed E-state index contributed by atoms with van der Waals surface area (Å²) >= 11 is 0.